The number of hydrogen-bond donors (Lipinski definition) is 3. The molecule has 1 aromatic carbocycles. The van der Waals surface area contributed by atoms with Gasteiger partial charge < -0.3 is 26.2 Å². The van der Waals surface area contributed by atoms with Gasteiger partial charge in [-0.05, 0) is 18.6 Å². The highest BCUT2D eigenvalue weighted by molar-refractivity contribution is 7.19. The Hall–Kier alpha value is -3.19. The lowest BCUT2D eigenvalue weighted by Gasteiger charge is -2.39. The zero-order valence-corrected chi connectivity index (χ0v) is 24.7. The second kappa shape index (κ2) is 13.9. The topological polar surface area (TPSA) is 110 Å². The average Bonchev–Trinajstić information content (AvgIpc) is 3.08. The molecule has 0 radical (unpaired) electrons. The van der Waals surface area contributed by atoms with Crippen LogP contribution in [0.1, 0.15) is 50.5 Å². The number of amides is 1. The zero-order chi connectivity index (χ0) is 30.3. The molecule has 3 rings (SSSR count). The van der Waals surface area contributed by atoms with Crippen LogP contribution in [0.3, 0.4) is 0 Å². The number of benzene rings is 1. The molecular weight excluding hydrogens is 546 g/mol. The Morgan fingerprint density at radius 1 is 1.25 bits per heavy atom. The molecule has 0 aliphatic carbocycles. The van der Waals surface area contributed by atoms with Crippen molar-refractivity contribution in [2.24, 2.45) is 10.7 Å². The number of aromatic nitrogens is 1. The SMILES string of the molecule is CC.CN=C(/C(=C\N)NC(=O)c1nc(-c2c(F)cccc2F)sc1N)N1CCC[C@@H]([N+](C)(C)CC(C)(F)F)CC1. The summed E-state index contributed by atoms with van der Waals surface area (Å²) < 4.78 is 56.1. The maximum atomic E-state index is 14.2. The number of rotatable bonds is 7. The Balaban J connectivity index is 0.00000274. The van der Waals surface area contributed by atoms with Crippen molar-refractivity contribution in [2.45, 2.75) is 52.0 Å². The Morgan fingerprint density at radius 2 is 1.88 bits per heavy atom. The molecule has 1 saturated heterocycles. The second-order valence-corrected chi connectivity index (χ2v) is 11.0. The van der Waals surface area contributed by atoms with Gasteiger partial charge >= 0.3 is 0 Å². The molecule has 8 nitrogen and oxygen atoms in total. The number of nitrogens with two attached hydrogens (primary N) is 2. The lowest BCUT2D eigenvalue weighted by molar-refractivity contribution is -0.922. The van der Waals surface area contributed by atoms with Crippen molar-refractivity contribution in [3.8, 4) is 10.6 Å². The van der Waals surface area contributed by atoms with Crippen LogP contribution in [0.25, 0.3) is 10.6 Å². The summed E-state index contributed by atoms with van der Waals surface area (Å²) in [7, 11) is 5.19. The average molecular weight is 587 g/mol. The molecule has 5 N–H and O–H groups in total. The van der Waals surface area contributed by atoms with Gasteiger partial charge in [0.05, 0.1) is 31.4 Å². The fourth-order valence-corrected chi connectivity index (χ4v) is 5.80. The van der Waals surface area contributed by atoms with Gasteiger partial charge in [-0.15, -0.1) is 0 Å². The molecule has 1 fully saturated rings. The standard InChI is InChI=1S/C25H33F4N7OS.C2H6/c1-25(28,29)14-36(3,4)15-7-6-11-35(12-10-15)22(32-2)18(13-30)33-23(37)20-21(31)38-24(34-20)19-16(26)8-5-9-17(19)27;1-2/h5,8-9,13,15H,6-7,10-12,14H2,1-4H3,(H4-,30,31,32,33,37);1-2H3/p+1/t15-;/m1./s1. The van der Waals surface area contributed by atoms with Crippen molar-refractivity contribution in [2.75, 3.05) is 46.5 Å². The Bertz CT molecular complexity index is 1200. The summed E-state index contributed by atoms with van der Waals surface area (Å²) in [4.78, 5) is 23.4. The van der Waals surface area contributed by atoms with Crippen LogP contribution in [-0.4, -0.2) is 78.9 Å². The summed E-state index contributed by atoms with van der Waals surface area (Å²) in [6.07, 6.45) is 3.34. The molecule has 0 bridgehead atoms. The van der Waals surface area contributed by atoms with Crippen molar-refractivity contribution in [3.05, 3.63) is 47.4 Å². The van der Waals surface area contributed by atoms with Crippen LogP contribution in [0.2, 0.25) is 0 Å². The number of nitrogen functional groups attached to an aromatic ring is 1. The highest BCUT2D eigenvalue weighted by Crippen LogP contribution is 2.33. The number of quaternary nitrogens is 1. The molecule has 1 amide bonds. The van der Waals surface area contributed by atoms with E-state index in [4.69, 9.17) is 11.5 Å². The number of carbonyl (C=O) groups excluding carboxylic acids is 1. The second-order valence-electron chi connectivity index (χ2n) is 9.99. The number of halogens is 4. The zero-order valence-electron chi connectivity index (χ0n) is 23.9. The number of likely N-dealkylation sites (tertiary alicyclic amines) is 1. The largest absolute Gasteiger partial charge is 0.403 e. The maximum Gasteiger partial charge on any atom is 0.292 e. The van der Waals surface area contributed by atoms with E-state index >= 15 is 0 Å². The molecular formula is C27H40F4N7OS+. The molecule has 2 aromatic rings. The number of alkyl halides is 2. The van der Waals surface area contributed by atoms with Gasteiger partial charge in [0.2, 0.25) is 0 Å². The molecule has 1 atom stereocenters. The van der Waals surface area contributed by atoms with Crippen molar-refractivity contribution in [1.82, 2.24) is 15.2 Å². The van der Waals surface area contributed by atoms with E-state index in [1.807, 2.05) is 32.8 Å². The highest BCUT2D eigenvalue weighted by Gasteiger charge is 2.39. The quantitative estimate of drug-likeness (QED) is 0.186. The number of carbonyl (C=O) groups is 1. The van der Waals surface area contributed by atoms with Crippen LogP contribution < -0.4 is 16.8 Å². The van der Waals surface area contributed by atoms with Gasteiger partial charge in [-0.1, -0.05) is 31.3 Å². The van der Waals surface area contributed by atoms with E-state index in [2.05, 4.69) is 15.3 Å². The predicted molar refractivity (Wildman–Crippen MR) is 153 cm³/mol. The predicted octanol–water partition coefficient (Wildman–Crippen LogP) is 4.84. The fraction of sp³-hybridized carbons (Fsp3) is 0.519. The molecule has 1 aliphatic heterocycles. The summed E-state index contributed by atoms with van der Waals surface area (Å²) in [5.41, 5.74) is 11.5. The molecule has 0 unspecified atom stereocenters. The Kier molecular flexibility index (Phi) is 11.5. The molecule has 1 aromatic heterocycles. The van der Waals surface area contributed by atoms with E-state index in [0.717, 1.165) is 43.2 Å². The molecule has 13 heteroatoms. The smallest absolute Gasteiger partial charge is 0.292 e. The molecule has 222 valence electrons. The minimum absolute atomic E-state index is 0.0168. The number of amidine groups is 1. The van der Waals surface area contributed by atoms with Crippen LogP contribution >= 0.6 is 11.3 Å². The molecule has 2 heterocycles. The third-order valence-electron chi connectivity index (χ3n) is 6.58. The van der Waals surface area contributed by atoms with Crippen LogP contribution in [0.15, 0.2) is 35.1 Å². The first-order valence-corrected chi connectivity index (χ1v) is 14.0. The van der Waals surface area contributed by atoms with Gasteiger partial charge in [0.1, 0.15) is 34.0 Å². The maximum absolute atomic E-state index is 14.2. The normalized spacial score (nSPS) is 17.1. The van der Waals surface area contributed by atoms with Crippen LogP contribution in [-0.2, 0) is 0 Å². The van der Waals surface area contributed by atoms with Crippen LogP contribution in [0, 0.1) is 11.6 Å². The van der Waals surface area contributed by atoms with Crippen molar-refractivity contribution in [3.63, 3.8) is 0 Å². The van der Waals surface area contributed by atoms with Gasteiger partial charge in [0, 0.05) is 46.1 Å². The number of nitrogens with one attached hydrogen (secondary N) is 1. The lowest BCUT2D eigenvalue weighted by atomic mass is 10.1. The third-order valence-corrected chi connectivity index (χ3v) is 7.49. The highest BCUT2D eigenvalue weighted by atomic mass is 32.1. The number of nitrogens with zero attached hydrogens (tertiary/aromatic N) is 4. The van der Waals surface area contributed by atoms with Gasteiger partial charge in [-0.25, -0.2) is 22.5 Å². The lowest BCUT2D eigenvalue weighted by Crippen LogP contribution is -2.54. The van der Waals surface area contributed by atoms with Crippen LogP contribution in [0.4, 0.5) is 22.6 Å². The Labute approximate surface area is 237 Å². The summed E-state index contributed by atoms with van der Waals surface area (Å²) in [5.74, 6) is -4.71. The summed E-state index contributed by atoms with van der Waals surface area (Å²) in [5, 5.41) is 2.57. The summed E-state index contributed by atoms with van der Waals surface area (Å²) in [6.45, 7) is 5.79. The van der Waals surface area contributed by atoms with Crippen molar-refractivity contribution >= 4 is 28.1 Å². The van der Waals surface area contributed by atoms with Crippen molar-refractivity contribution < 1.29 is 26.8 Å². The fourth-order valence-electron chi connectivity index (χ4n) is 4.92. The molecule has 40 heavy (non-hydrogen) atoms. The van der Waals surface area contributed by atoms with Crippen molar-refractivity contribution in [1.29, 1.82) is 0 Å². The van der Waals surface area contributed by atoms with E-state index in [1.165, 1.54) is 12.3 Å². The van der Waals surface area contributed by atoms with E-state index in [9.17, 15) is 22.4 Å². The number of thiazole rings is 1. The van der Waals surface area contributed by atoms with Gasteiger partial charge in [-0.3, -0.25) is 9.79 Å². The monoisotopic (exact) mass is 586 g/mol. The van der Waals surface area contributed by atoms with Gasteiger partial charge in [0.25, 0.3) is 11.8 Å². The first-order valence-electron chi connectivity index (χ1n) is 13.1. The molecule has 0 spiro atoms. The van der Waals surface area contributed by atoms with E-state index < -0.39 is 23.5 Å². The summed E-state index contributed by atoms with van der Waals surface area (Å²) in [6, 6.07) is 3.44. The van der Waals surface area contributed by atoms with Gasteiger partial charge in [0.15, 0.2) is 5.69 Å². The number of aliphatic imine (C=N–C) groups is 1. The number of anilines is 1. The van der Waals surface area contributed by atoms with E-state index in [0.29, 0.717) is 25.3 Å². The minimum Gasteiger partial charge on any atom is -0.403 e. The van der Waals surface area contributed by atoms with Crippen LogP contribution in [0.5, 0.6) is 0 Å². The molecule has 1 aliphatic rings. The first kappa shape index (κ1) is 33.0. The Morgan fingerprint density at radius 3 is 2.42 bits per heavy atom. The van der Waals surface area contributed by atoms with E-state index in [1.54, 1.807) is 7.05 Å². The minimum atomic E-state index is -2.78. The summed E-state index contributed by atoms with van der Waals surface area (Å²) >= 11 is 0.789. The van der Waals surface area contributed by atoms with E-state index in [-0.39, 0.29) is 44.0 Å². The number of hydrogen-bond acceptors (Lipinski definition) is 6. The third kappa shape index (κ3) is 8.17. The molecule has 0 saturated carbocycles. The first-order chi connectivity index (χ1) is 18.8. The van der Waals surface area contributed by atoms with Gasteiger partial charge in [-0.2, -0.15) is 0 Å².